The van der Waals surface area contributed by atoms with Crippen molar-refractivity contribution < 1.29 is 28.6 Å². The molecule has 0 amide bonds. The quantitative estimate of drug-likeness (QED) is 0.0346. The standard InChI is InChI=1S/C52H100O6/c1-6-7-8-9-10-11-17-22-29-34-39-44-52(55)58-49(46-57-51(54)43-38-33-28-24-23-26-31-36-41-48(4)5)45-56-50(53)42-37-32-27-21-19-16-14-12-13-15-18-20-25-30-35-40-47(2)3/h47-49H,6-46H2,1-5H3/t49-/m1/s1. The molecule has 0 N–H and O–H groups in total. The van der Waals surface area contributed by atoms with Gasteiger partial charge < -0.3 is 14.2 Å². The van der Waals surface area contributed by atoms with Crippen molar-refractivity contribution in [2.45, 2.75) is 291 Å². The van der Waals surface area contributed by atoms with Gasteiger partial charge in [-0.15, -0.1) is 0 Å². The van der Waals surface area contributed by atoms with Gasteiger partial charge in [-0.05, 0) is 31.1 Å². The zero-order chi connectivity index (χ0) is 42.6. The summed E-state index contributed by atoms with van der Waals surface area (Å²) in [6.07, 6.45) is 45.2. The Hall–Kier alpha value is -1.59. The lowest BCUT2D eigenvalue weighted by Gasteiger charge is -2.18. The van der Waals surface area contributed by atoms with Crippen molar-refractivity contribution in [3.63, 3.8) is 0 Å². The highest BCUT2D eigenvalue weighted by atomic mass is 16.6. The molecule has 344 valence electrons. The lowest BCUT2D eigenvalue weighted by molar-refractivity contribution is -0.167. The topological polar surface area (TPSA) is 78.9 Å². The average Bonchev–Trinajstić information content (AvgIpc) is 3.19. The lowest BCUT2D eigenvalue weighted by atomic mass is 10.0. The maximum atomic E-state index is 12.7. The van der Waals surface area contributed by atoms with E-state index in [4.69, 9.17) is 14.2 Å². The highest BCUT2D eigenvalue weighted by Gasteiger charge is 2.19. The molecule has 0 aliphatic carbocycles. The van der Waals surface area contributed by atoms with E-state index in [2.05, 4.69) is 34.6 Å². The molecule has 0 aromatic carbocycles. The summed E-state index contributed by atoms with van der Waals surface area (Å²) in [5.41, 5.74) is 0. The molecule has 1 atom stereocenters. The predicted octanol–water partition coefficient (Wildman–Crippen LogP) is 16.5. The molecule has 0 saturated heterocycles. The van der Waals surface area contributed by atoms with E-state index in [1.807, 2.05) is 0 Å². The molecular weight excluding hydrogens is 721 g/mol. The minimum absolute atomic E-state index is 0.0639. The van der Waals surface area contributed by atoms with Crippen LogP contribution < -0.4 is 0 Å². The third-order valence-corrected chi connectivity index (χ3v) is 11.7. The molecule has 0 bridgehead atoms. The fourth-order valence-corrected chi connectivity index (χ4v) is 7.81. The summed E-state index contributed by atoms with van der Waals surface area (Å²) in [7, 11) is 0. The molecule has 0 aliphatic heterocycles. The van der Waals surface area contributed by atoms with Crippen LogP contribution in [-0.4, -0.2) is 37.2 Å². The fraction of sp³-hybridized carbons (Fsp3) is 0.942. The van der Waals surface area contributed by atoms with Gasteiger partial charge in [0.05, 0.1) is 0 Å². The van der Waals surface area contributed by atoms with Crippen LogP contribution in [0.1, 0.15) is 285 Å². The second-order valence-electron chi connectivity index (χ2n) is 18.8. The molecule has 0 aliphatic rings. The van der Waals surface area contributed by atoms with Crippen molar-refractivity contribution in [3.05, 3.63) is 0 Å². The largest absolute Gasteiger partial charge is 0.462 e. The molecule has 6 nitrogen and oxygen atoms in total. The molecule has 0 saturated carbocycles. The SMILES string of the molecule is CCCCCCCCCCCCCC(=O)O[C@H](COC(=O)CCCCCCCCCCCCCCCCCC(C)C)COC(=O)CCCCCCCCCCC(C)C. The summed E-state index contributed by atoms with van der Waals surface area (Å²) in [5, 5.41) is 0. The van der Waals surface area contributed by atoms with Crippen LogP contribution in [0.15, 0.2) is 0 Å². The summed E-state index contributed by atoms with van der Waals surface area (Å²) in [6.45, 7) is 11.3. The van der Waals surface area contributed by atoms with Crippen LogP contribution in [0.3, 0.4) is 0 Å². The third-order valence-electron chi connectivity index (χ3n) is 11.7. The summed E-state index contributed by atoms with van der Waals surface area (Å²) in [5.74, 6) is 0.795. The van der Waals surface area contributed by atoms with Crippen LogP contribution >= 0.6 is 0 Å². The Morgan fingerprint density at radius 2 is 0.569 bits per heavy atom. The van der Waals surface area contributed by atoms with E-state index in [1.54, 1.807) is 0 Å². The normalized spacial score (nSPS) is 12.1. The van der Waals surface area contributed by atoms with E-state index in [1.165, 1.54) is 173 Å². The monoisotopic (exact) mass is 821 g/mol. The van der Waals surface area contributed by atoms with Gasteiger partial charge in [0, 0.05) is 19.3 Å². The third kappa shape index (κ3) is 45.5. The van der Waals surface area contributed by atoms with Crippen molar-refractivity contribution in [2.75, 3.05) is 13.2 Å². The Morgan fingerprint density at radius 3 is 0.845 bits per heavy atom. The van der Waals surface area contributed by atoms with Gasteiger partial charge in [-0.1, -0.05) is 247 Å². The first-order chi connectivity index (χ1) is 28.2. The van der Waals surface area contributed by atoms with Crippen molar-refractivity contribution in [2.24, 2.45) is 11.8 Å². The van der Waals surface area contributed by atoms with Gasteiger partial charge in [0.2, 0.25) is 0 Å². The lowest BCUT2D eigenvalue weighted by Crippen LogP contribution is -2.30. The van der Waals surface area contributed by atoms with Crippen molar-refractivity contribution in [3.8, 4) is 0 Å². The van der Waals surface area contributed by atoms with Crippen molar-refractivity contribution in [1.29, 1.82) is 0 Å². The maximum Gasteiger partial charge on any atom is 0.306 e. The number of carbonyl (C=O) groups excluding carboxylic acids is 3. The van der Waals surface area contributed by atoms with E-state index < -0.39 is 6.10 Å². The summed E-state index contributed by atoms with van der Waals surface area (Å²) in [6, 6.07) is 0. The van der Waals surface area contributed by atoms with Gasteiger partial charge in [0.25, 0.3) is 0 Å². The Labute approximate surface area is 361 Å². The number of hydrogen-bond acceptors (Lipinski definition) is 6. The first-order valence-electron chi connectivity index (χ1n) is 25.7. The van der Waals surface area contributed by atoms with Crippen molar-refractivity contribution in [1.82, 2.24) is 0 Å². The zero-order valence-electron chi connectivity index (χ0n) is 39.7. The number of ether oxygens (including phenoxy) is 3. The molecule has 0 aromatic heterocycles. The number of rotatable bonds is 46. The van der Waals surface area contributed by atoms with Gasteiger partial charge in [0.15, 0.2) is 6.10 Å². The number of hydrogen-bond donors (Lipinski definition) is 0. The number of carbonyl (C=O) groups is 3. The Bertz CT molecular complexity index is 885. The first-order valence-corrected chi connectivity index (χ1v) is 25.7. The van der Waals surface area contributed by atoms with E-state index in [-0.39, 0.29) is 31.1 Å². The molecular formula is C52H100O6. The van der Waals surface area contributed by atoms with Crippen LogP contribution in [0.2, 0.25) is 0 Å². The number of unbranched alkanes of at least 4 members (excludes halogenated alkanes) is 31. The maximum absolute atomic E-state index is 12.7. The second-order valence-corrected chi connectivity index (χ2v) is 18.8. The average molecular weight is 821 g/mol. The van der Waals surface area contributed by atoms with Gasteiger partial charge in [-0.2, -0.15) is 0 Å². The highest BCUT2D eigenvalue weighted by molar-refractivity contribution is 5.71. The van der Waals surface area contributed by atoms with Gasteiger partial charge in [0.1, 0.15) is 13.2 Å². The van der Waals surface area contributed by atoms with Crippen LogP contribution in [0.4, 0.5) is 0 Å². The molecule has 0 fully saturated rings. The van der Waals surface area contributed by atoms with Crippen LogP contribution in [0.25, 0.3) is 0 Å². The fourth-order valence-electron chi connectivity index (χ4n) is 7.81. The molecule has 0 spiro atoms. The molecule has 0 radical (unpaired) electrons. The smallest absolute Gasteiger partial charge is 0.306 e. The highest BCUT2D eigenvalue weighted by Crippen LogP contribution is 2.17. The molecule has 6 heteroatoms. The minimum atomic E-state index is -0.761. The first kappa shape index (κ1) is 56.4. The van der Waals surface area contributed by atoms with E-state index in [0.29, 0.717) is 19.3 Å². The predicted molar refractivity (Wildman–Crippen MR) is 247 cm³/mol. The molecule has 0 rings (SSSR count). The van der Waals surface area contributed by atoms with Crippen molar-refractivity contribution >= 4 is 17.9 Å². The molecule has 0 aromatic rings. The second kappa shape index (κ2) is 44.9. The van der Waals surface area contributed by atoms with Gasteiger partial charge in [-0.25, -0.2) is 0 Å². The molecule has 58 heavy (non-hydrogen) atoms. The molecule has 0 unspecified atom stereocenters. The van der Waals surface area contributed by atoms with Crippen LogP contribution in [-0.2, 0) is 28.6 Å². The van der Waals surface area contributed by atoms with E-state index in [0.717, 1.165) is 69.6 Å². The van der Waals surface area contributed by atoms with E-state index >= 15 is 0 Å². The summed E-state index contributed by atoms with van der Waals surface area (Å²) >= 11 is 0. The summed E-state index contributed by atoms with van der Waals surface area (Å²) in [4.78, 5) is 37.9. The van der Waals surface area contributed by atoms with Crippen LogP contribution in [0, 0.1) is 11.8 Å². The van der Waals surface area contributed by atoms with E-state index in [9.17, 15) is 14.4 Å². The van der Waals surface area contributed by atoms with Gasteiger partial charge >= 0.3 is 17.9 Å². The zero-order valence-corrected chi connectivity index (χ0v) is 39.7. The Morgan fingerprint density at radius 1 is 0.328 bits per heavy atom. The number of esters is 3. The Balaban J connectivity index is 4.25. The molecule has 0 heterocycles. The van der Waals surface area contributed by atoms with Gasteiger partial charge in [-0.3, -0.25) is 14.4 Å². The minimum Gasteiger partial charge on any atom is -0.462 e. The Kier molecular flexibility index (Phi) is 43.7. The summed E-state index contributed by atoms with van der Waals surface area (Å²) < 4.78 is 16.8. The van der Waals surface area contributed by atoms with Crippen LogP contribution in [0.5, 0.6) is 0 Å².